The molecule has 4 unspecified atom stereocenters. The molecule has 2 aliphatic carbocycles. The maximum Gasteiger partial charge on any atom is 0.0118 e. The number of rotatable bonds is 3. The van der Waals surface area contributed by atoms with Gasteiger partial charge in [0.25, 0.3) is 0 Å². The van der Waals surface area contributed by atoms with Crippen LogP contribution in [0, 0.1) is 23.7 Å². The molecule has 0 bridgehead atoms. The van der Waals surface area contributed by atoms with Gasteiger partial charge in [-0.05, 0) is 49.5 Å². The quantitative estimate of drug-likeness (QED) is 0.766. The van der Waals surface area contributed by atoms with Crippen LogP contribution in [0.1, 0.15) is 59.3 Å². The fraction of sp³-hybridized carbons (Fsp3) is 1.00. The zero-order chi connectivity index (χ0) is 11.5. The third-order valence-electron chi connectivity index (χ3n) is 5.20. The molecule has 16 heavy (non-hydrogen) atoms. The molecule has 4 atom stereocenters. The molecule has 2 rings (SSSR count). The predicted molar refractivity (Wildman–Crippen MR) is 70.5 cm³/mol. The van der Waals surface area contributed by atoms with Crippen molar-refractivity contribution in [1.82, 2.24) is 5.32 Å². The van der Waals surface area contributed by atoms with Crippen molar-refractivity contribution in [2.45, 2.75) is 65.3 Å². The van der Waals surface area contributed by atoms with E-state index in [-0.39, 0.29) is 0 Å². The summed E-state index contributed by atoms with van der Waals surface area (Å²) < 4.78 is 0. The van der Waals surface area contributed by atoms with Gasteiger partial charge in [0.1, 0.15) is 0 Å². The summed E-state index contributed by atoms with van der Waals surface area (Å²) in [6.45, 7) is 8.59. The minimum Gasteiger partial charge on any atom is -0.313 e. The second kappa shape index (κ2) is 5.53. The fourth-order valence-corrected chi connectivity index (χ4v) is 3.90. The second-order valence-electron chi connectivity index (χ2n) is 6.49. The average Bonchev–Trinajstić information content (AvgIpc) is 2.64. The Morgan fingerprint density at radius 2 is 1.38 bits per heavy atom. The van der Waals surface area contributed by atoms with Gasteiger partial charge in [-0.1, -0.05) is 40.0 Å². The highest BCUT2D eigenvalue weighted by molar-refractivity contribution is 4.85. The molecule has 0 aromatic carbocycles. The van der Waals surface area contributed by atoms with E-state index in [9.17, 15) is 0 Å². The van der Waals surface area contributed by atoms with Gasteiger partial charge in [-0.25, -0.2) is 0 Å². The smallest absolute Gasteiger partial charge is 0.0118 e. The molecule has 0 saturated heterocycles. The molecule has 0 aromatic heterocycles. The van der Waals surface area contributed by atoms with Crippen LogP contribution in [0.3, 0.4) is 0 Å². The monoisotopic (exact) mass is 223 g/mol. The minimum absolute atomic E-state index is 0.793. The van der Waals surface area contributed by atoms with Crippen LogP contribution in [0.15, 0.2) is 0 Å². The van der Waals surface area contributed by atoms with Crippen molar-refractivity contribution in [3.63, 3.8) is 0 Å². The molecular formula is C15H29N. The van der Waals surface area contributed by atoms with Gasteiger partial charge in [0, 0.05) is 6.04 Å². The second-order valence-corrected chi connectivity index (χ2v) is 6.49. The molecule has 2 fully saturated rings. The Kier molecular flexibility index (Phi) is 4.29. The van der Waals surface area contributed by atoms with Gasteiger partial charge in [0.2, 0.25) is 0 Å². The summed E-state index contributed by atoms with van der Waals surface area (Å²) >= 11 is 0. The molecule has 2 aliphatic rings. The Morgan fingerprint density at radius 1 is 0.812 bits per heavy atom. The van der Waals surface area contributed by atoms with Gasteiger partial charge in [0.15, 0.2) is 0 Å². The van der Waals surface area contributed by atoms with E-state index >= 15 is 0 Å². The summed E-state index contributed by atoms with van der Waals surface area (Å²) in [6.07, 6.45) is 8.69. The Bertz CT molecular complexity index is 203. The minimum atomic E-state index is 0.793. The number of hydrogen-bond donors (Lipinski definition) is 1. The third-order valence-corrected chi connectivity index (χ3v) is 5.20. The van der Waals surface area contributed by atoms with Gasteiger partial charge < -0.3 is 5.32 Å². The predicted octanol–water partition coefficient (Wildman–Crippen LogP) is 3.84. The standard InChI is InChI=1S/C15H29N/c1-11-6-5-9-14(11)10-16-15-12(2)7-4-8-13(15)3/h11-16H,4-10H2,1-3H3. The van der Waals surface area contributed by atoms with E-state index in [2.05, 4.69) is 26.1 Å². The molecular weight excluding hydrogens is 194 g/mol. The van der Waals surface area contributed by atoms with Gasteiger partial charge in [-0.3, -0.25) is 0 Å². The van der Waals surface area contributed by atoms with Crippen molar-refractivity contribution in [3.8, 4) is 0 Å². The van der Waals surface area contributed by atoms with Crippen molar-refractivity contribution in [3.05, 3.63) is 0 Å². The first-order valence-electron chi connectivity index (χ1n) is 7.42. The maximum absolute atomic E-state index is 3.89. The van der Waals surface area contributed by atoms with Crippen molar-refractivity contribution in [1.29, 1.82) is 0 Å². The van der Waals surface area contributed by atoms with Crippen LogP contribution in [0.5, 0.6) is 0 Å². The van der Waals surface area contributed by atoms with E-state index in [4.69, 9.17) is 0 Å². The molecule has 2 saturated carbocycles. The Labute approximate surface area is 101 Å². The van der Waals surface area contributed by atoms with E-state index in [1.54, 1.807) is 0 Å². The Hall–Kier alpha value is -0.0400. The summed E-state index contributed by atoms with van der Waals surface area (Å²) in [7, 11) is 0. The van der Waals surface area contributed by atoms with Crippen molar-refractivity contribution < 1.29 is 0 Å². The number of nitrogens with one attached hydrogen (secondary N) is 1. The molecule has 1 nitrogen and oxygen atoms in total. The van der Waals surface area contributed by atoms with Gasteiger partial charge in [0.05, 0.1) is 0 Å². The SMILES string of the molecule is CC1CCCC1CNC1C(C)CCCC1C. The molecule has 0 spiro atoms. The van der Waals surface area contributed by atoms with Crippen molar-refractivity contribution >= 4 is 0 Å². The molecule has 0 radical (unpaired) electrons. The molecule has 94 valence electrons. The lowest BCUT2D eigenvalue weighted by Gasteiger charge is -2.36. The zero-order valence-electron chi connectivity index (χ0n) is 11.3. The summed E-state index contributed by atoms with van der Waals surface area (Å²) in [5.41, 5.74) is 0. The first-order chi connectivity index (χ1) is 7.68. The van der Waals surface area contributed by atoms with Gasteiger partial charge in [-0.2, -0.15) is 0 Å². The highest BCUT2D eigenvalue weighted by Crippen LogP contribution is 2.32. The average molecular weight is 223 g/mol. The lowest BCUT2D eigenvalue weighted by molar-refractivity contribution is 0.196. The highest BCUT2D eigenvalue weighted by atomic mass is 14.9. The van der Waals surface area contributed by atoms with Crippen LogP contribution < -0.4 is 5.32 Å². The first kappa shape index (κ1) is 12.4. The van der Waals surface area contributed by atoms with E-state index in [0.29, 0.717) is 0 Å². The van der Waals surface area contributed by atoms with Crippen LogP contribution >= 0.6 is 0 Å². The highest BCUT2D eigenvalue weighted by Gasteiger charge is 2.29. The molecule has 0 aromatic rings. The molecule has 0 heterocycles. The van der Waals surface area contributed by atoms with Gasteiger partial charge >= 0.3 is 0 Å². The lowest BCUT2D eigenvalue weighted by Crippen LogP contribution is -2.44. The van der Waals surface area contributed by atoms with E-state index in [1.807, 2.05) is 0 Å². The topological polar surface area (TPSA) is 12.0 Å². The molecule has 0 amide bonds. The van der Waals surface area contributed by atoms with E-state index < -0.39 is 0 Å². The summed E-state index contributed by atoms with van der Waals surface area (Å²) in [5, 5.41) is 3.89. The first-order valence-corrected chi connectivity index (χ1v) is 7.42. The molecule has 1 heteroatoms. The van der Waals surface area contributed by atoms with Crippen LogP contribution in [-0.2, 0) is 0 Å². The van der Waals surface area contributed by atoms with E-state index in [0.717, 1.165) is 29.7 Å². The Morgan fingerprint density at radius 3 is 1.94 bits per heavy atom. The zero-order valence-corrected chi connectivity index (χ0v) is 11.3. The van der Waals surface area contributed by atoms with Crippen LogP contribution in [-0.4, -0.2) is 12.6 Å². The molecule has 0 aliphatic heterocycles. The van der Waals surface area contributed by atoms with Gasteiger partial charge in [-0.15, -0.1) is 0 Å². The summed E-state index contributed by atoms with van der Waals surface area (Å²) in [5.74, 6) is 3.70. The van der Waals surface area contributed by atoms with Crippen LogP contribution in [0.4, 0.5) is 0 Å². The number of hydrogen-bond acceptors (Lipinski definition) is 1. The Balaban J connectivity index is 1.79. The van der Waals surface area contributed by atoms with Crippen LogP contribution in [0.2, 0.25) is 0 Å². The fourth-order valence-electron chi connectivity index (χ4n) is 3.90. The third kappa shape index (κ3) is 2.80. The van der Waals surface area contributed by atoms with E-state index in [1.165, 1.54) is 45.1 Å². The summed E-state index contributed by atoms with van der Waals surface area (Å²) in [4.78, 5) is 0. The lowest BCUT2D eigenvalue weighted by atomic mass is 9.78. The van der Waals surface area contributed by atoms with Crippen LogP contribution in [0.25, 0.3) is 0 Å². The normalized spacial score (nSPS) is 44.8. The largest absolute Gasteiger partial charge is 0.313 e. The molecule has 1 N–H and O–H groups in total. The maximum atomic E-state index is 3.89. The van der Waals surface area contributed by atoms with Crippen molar-refractivity contribution in [2.24, 2.45) is 23.7 Å². The van der Waals surface area contributed by atoms with Crippen molar-refractivity contribution in [2.75, 3.05) is 6.54 Å². The summed E-state index contributed by atoms with van der Waals surface area (Å²) in [6, 6.07) is 0.793.